The van der Waals surface area contributed by atoms with Crippen LogP contribution in [0.2, 0.25) is 5.02 Å². The molecule has 1 aromatic heterocycles. The summed E-state index contributed by atoms with van der Waals surface area (Å²) >= 11 is 6.12. The van der Waals surface area contributed by atoms with Gasteiger partial charge in [0.15, 0.2) is 12.3 Å². The van der Waals surface area contributed by atoms with E-state index in [-0.39, 0.29) is 11.7 Å². The third kappa shape index (κ3) is 2.43. The van der Waals surface area contributed by atoms with Crippen LogP contribution in [0.1, 0.15) is 55.5 Å². The van der Waals surface area contributed by atoms with Crippen LogP contribution in [-0.4, -0.2) is 0 Å². The van der Waals surface area contributed by atoms with Gasteiger partial charge in [0.2, 0.25) is 5.69 Å². The third-order valence-corrected chi connectivity index (χ3v) is 5.45. The molecule has 0 bridgehead atoms. The molecule has 4 rings (SSSR count). The molecular weight excluding hydrogens is 310 g/mol. The lowest BCUT2D eigenvalue weighted by atomic mass is 9.75. The van der Waals surface area contributed by atoms with Crippen LogP contribution in [-0.2, 0) is 10.3 Å². The van der Waals surface area contributed by atoms with E-state index in [0.717, 1.165) is 29.6 Å². The van der Waals surface area contributed by atoms with E-state index in [0.29, 0.717) is 16.6 Å². The fraction of sp³-hybridized carbons (Fsp3) is 0.421. The Labute approximate surface area is 141 Å². The van der Waals surface area contributed by atoms with Gasteiger partial charge in [-0.3, -0.25) is 0 Å². The zero-order valence-corrected chi connectivity index (χ0v) is 13.9. The van der Waals surface area contributed by atoms with E-state index in [2.05, 4.69) is 25.1 Å². The first-order valence-corrected chi connectivity index (χ1v) is 8.63. The number of fused-ring (bicyclic) bond motifs is 2. The molecule has 3 nitrogen and oxygen atoms in total. The first kappa shape index (κ1) is 15.0. The maximum atomic E-state index is 12.3. The molecule has 23 heavy (non-hydrogen) atoms. The highest BCUT2D eigenvalue weighted by atomic mass is 35.5. The van der Waals surface area contributed by atoms with Gasteiger partial charge >= 0.3 is 0 Å². The van der Waals surface area contributed by atoms with Crippen molar-refractivity contribution >= 4 is 11.6 Å². The lowest BCUT2D eigenvalue weighted by molar-refractivity contribution is -0.618. The SMILES string of the molecule is CC1CCCC2(C1)OC(c1cc(Cl)cc[n+]1[O-])c1ccccc12. The quantitative estimate of drug-likeness (QED) is 0.570. The predicted molar refractivity (Wildman–Crippen MR) is 89.1 cm³/mol. The number of hydrogen-bond acceptors (Lipinski definition) is 2. The number of pyridine rings is 1. The predicted octanol–water partition coefficient (Wildman–Crippen LogP) is 4.50. The second-order valence-electron chi connectivity index (χ2n) is 6.88. The molecule has 0 amide bonds. The topological polar surface area (TPSA) is 36.2 Å². The Kier molecular flexibility index (Phi) is 3.58. The van der Waals surface area contributed by atoms with Crippen LogP contribution < -0.4 is 4.73 Å². The fourth-order valence-electron chi connectivity index (χ4n) is 4.24. The van der Waals surface area contributed by atoms with E-state index in [1.165, 1.54) is 18.2 Å². The van der Waals surface area contributed by atoms with E-state index < -0.39 is 0 Å². The van der Waals surface area contributed by atoms with Gasteiger partial charge in [0.25, 0.3) is 0 Å². The summed E-state index contributed by atoms with van der Waals surface area (Å²) in [5.41, 5.74) is 2.67. The van der Waals surface area contributed by atoms with E-state index >= 15 is 0 Å². The minimum atomic E-state index is -0.340. The minimum Gasteiger partial charge on any atom is -0.618 e. The van der Waals surface area contributed by atoms with Crippen molar-refractivity contribution in [3.05, 3.63) is 69.6 Å². The molecule has 2 aromatic rings. The first-order valence-electron chi connectivity index (χ1n) is 8.25. The Hall–Kier alpha value is -1.58. The van der Waals surface area contributed by atoms with Crippen molar-refractivity contribution in [2.24, 2.45) is 5.92 Å². The summed E-state index contributed by atoms with van der Waals surface area (Å²) in [6.07, 6.45) is 5.56. The zero-order valence-electron chi connectivity index (χ0n) is 13.2. The molecule has 1 aromatic carbocycles. The molecule has 1 aliphatic heterocycles. The van der Waals surface area contributed by atoms with Crippen LogP contribution in [0, 0.1) is 11.1 Å². The molecule has 0 saturated heterocycles. The molecule has 1 spiro atoms. The lowest BCUT2D eigenvalue weighted by Gasteiger charge is -2.37. The van der Waals surface area contributed by atoms with Crippen LogP contribution in [0.15, 0.2) is 42.6 Å². The highest BCUT2D eigenvalue weighted by Gasteiger charge is 2.49. The molecule has 1 saturated carbocycles. The van der Waals surface area contributed by atoms with Crippen molar-refractivity contribution in [1.29, 1.82) is 0 Å². The van der Waals surface area contributed by atoms with Crippen LogP contribution in [0.5, 0.6) is 0 Å². The summed E-state index contributed by atoms with van der Waals surface area (Å²) < 4.78 is 7.45. The molecule has 3 atom stereocenters. The maximum absolute atomic E-state index is 12.3. The van der Waals surface area contributed by atoms with Crippen LogP contribution in [0.25, 0.3) is 0 Å². The normalized spacial score (nSPS) is 29.7. The zero-order chi connectivity index (χ0) is 16.0. The number of benzene rings is 1. The van der Waals surface area contributed by atoms with Crippen molar-refractivity contribution in [3.8, 4) is 0 Å². The standard InChI is InChI=1S/C19H20ClNO2/c1-13-5-4-9-19(12-13)16-7-3-2-6-15(16)18(23-19)17-11-14(20)8-10-21(17)22/h2-3,6-8,10-11,13,18H,4-5,9,12H2,1H3. The monoisotopic (exact) mass is 329 g/mol. The Morgan fingerprint density at radius 1 is 1.30 bits per heavy atom. The molecule has 2 aliphatic rings. The summed E-state index contributed by atoms with van der Waals surface area (Å²) in [7, 11) is 0. The number of halogens is 1. The molecule has 1 aliphatic carbocycles. The van der Waals surface area contributed by atoms with Crippen molar-refractivity contribution in [2.75, 3.05) is 0 Å². The number of rotatable bonds is 1. The van der Waals surface area contributed by atoms with Crippen LogP contribution in [0.4, 0.5) is 0 Å². The van der Waals surface area contributed by atoms with Gasteiger partial charge in [-0.05, 0) is 36.3 Å². The van der Waals surface area contributed by atoms with Gasteiger partial charge < -0.3 is 9.94 Å². The summed E-state index contributed by atoms with van der Waals surface area (Å²) in [4.78, 5) is 0. The van der Waals surface area contributed by atoms with Gasteiger partial charge in [-0.15, -0.1) is 0 Å². The van der Waals surface area contributed by atoms with Gasteiger partial charge in [0.05, 0.1) is 10.6 Å². The lowest BCUT2D eigenvalue weighted by Crippen LogP contribution is -2.36. The van der Waals surface area contributed by atoms with Crippen molar-refractivity contribution in [3.63, 3.8) is 0 Å². The molecule has 4 heteroatoms. The van der Waals surface area contributed by atoms with Gasteiger partial charge in [-0.25, -0.2) is 0 Å². The van der Waals surface area contributed by atoms with Gasteiger partial charge in [0.1, 0.15) is 0 Å². The Balaban J connectivity index is 1.83. The van der Waals surface area contributed by atoms with Crippen molar-refractivity contribution in [1.82, 2.24) is 0 Å². The van der Waals surface area contributed by atoms with Crippen molar-refractivity contribution in [2.45, 2.75) is 44.3 Å². The van der Waals surface area contributed by atoms with Crippen LogP contribution >= 0.6 is 11.6 Å². The molecular formula is C19H20ClNO2. The number of hydrogen-bond donors (Lipinski definition) is 0. The Morgan fingerprint density at radius 2 is 2.13 bits per heavy atom. The first-order chi connectivity index (χ1) is 11.1. The van der Waals surface area contributed by atoms with Gasteiger partial charge in [-0.2, -0.15) is 4.73 Å². The molecule has 120 valence electrons. The van der Waals surface area contributed by atoms with Crippen molar-refractivity contribution < 1.29 is 9.47 Å². The third-order valence-electron chi connectivity index (χ3n) is 5.21. The molecule has 1 fully saturated rings. The summed E-state index contributed by atoms with van der Waals surface area (Å²) in [5, 5.41) is 12.8. The number of ether oxygens (including phenoxy) is 1. The molecule has 2 heterocycles. The van der Waals surface area contributed by atoms with Gasteiger partial charge in [-0.1, -0.05) is 49.2 Å². The fourth-order valence-corrected chi connectivity index (χ4v) is 4.40. The van der Waals surface area contributed by atoms with E-state index in [1.807, 2.05) is 6.07 Å². The summed E-state index contributed by atoms with van der Waals surface area (Å²) in [6.45, 7) is 2.29. The molecule has 0 radical (unpaired) electrons. The Bertz CT molecular complexity index is 748. The van der Waals surface area contributed by atoms with E-state index in [9.17, 15) is 5.21 Å². The highest BCUT2D eigenvalue weighted by molar-refractivity contribution is 6.30. The summed E-state index contributed by atoms with van der Waals surface area (Å²) in [5.74, 6) is 0.634. The Morgan fingerprint density at radius 3 is 2.96 bits per heavy atom. The second kappa shape index (κ2) is 5.50. The van der Waals surface area contributed by atoms with Gasteiger partial charge in [0, 0.05) is 12.1 Å². The van der Waals surface area contributed by atoms with E-state index in [1.54, 1.807) is 12.1 Å². The highest BCUT2D eigenvalue weighted by Crippen LogP contribution is 2.53. The molecule has 3 unspecified atom stereocenters. The van der Waals surface area contributed by atoms with Crippen LogP contribution in [0.3, 0.4) is 0 Å². The average molecular weight is 330 g/mol. The van der Waals surface area contributed by atoms with E-state index in [4.69, 9.17) is 16.3 Å². The summed E-state index contributed by atoms with van der Waals surface area (Å²) in [6, 6.07) is 11.6. The largest absolute Gasteiger partial charge is 0.618 e. The maximum Gasteiger partial charge on any atom is 0.227 e. The molecule has 0 N–H and O–H groups in total. The smallest absolute Gasteiger partial charge is 0.227 e. The average Bonchev–Trinajstić information content (AvgIpc) is 2.84. The number of nitrogens with zero attached hydrogens (tertiary/aromatic N) is 1. The second-order valence-corrected chi connectivity index (χ2v) is 7.31. The minimum absolute atomic E-state index is 0.256. The number of aromatic nitrogens is 1.